The van der Waals surface area contributed by atoms with Crippen molar-refractivity contribution in [1.82, 2.24) is 10.2 Å². The summed E-state index contributed by atoms with van der Waals surface area (Å²) in [4.78, 5) is 32.7. The molecule has 0 fully saturated rings. The van der Waals surface area contributed by atoms with Gasteiger partial charge in [0.2, 0.25) is 5.13 Å². The SMILES string of the molecule is O=C(Nc1nnc(CCc2ccccc2)s1)c1ccc([N+](=O)[O-])cc1[N+](=O)[O-]. The van der Waals surface area contributed by atoms with Gasteiger partial charge in [0.25, 0.3) is 17.3 Å². The molecule has 0 bridgehead atoms. The van der Waals surface area contributed by atoms with E-state index in [-0.39, 0.29) is 10.7 Å². The average Bonchev–Trinajstić information content (AvgIpc) is 3.13. The van der Waals surface area contributed by atoms with Crippen LogP contribution in [0, 0.1) is 20.2 Å². The zero-order valence-electron chi connectivity index (χ0n) is 14.3. The average molecular weight is 399 g/mol. The maximum absolute atomic E-state index is 12.4. The predicted octanol–water partition coefficient (Wildman–Crippen LogP) is 3.39. The number of aromatic nitrogens is 2. The predicted molar refractivity (Wildman–Crippen MR) is 101 cm³/mol. The first-order valence-electron chi connectivity index (χ1n) is 8.04. The van der Waals surface area contributed by atoms with E-state index in [1.807, 2.05) is 30.3 Å². The largest absolute Gasteiger partial charge is 0.296 e. The minimum Gasteiger partial charge on any atom is -0.296 e. The Morgan fingerprint density at radius 2 is 1.75 bits per heavy atom. The summed E-state index contributed by atoms with van der Waals surface area (Å²) in [5, 5.41) is 33.2. The van der Waals surface area contributed by atoms with Crippen molar-refractivity contribution in [2.75, 3.05) is 5.32 Å². The lowest BCUT2D eigenvalue weighted by Crippen LogP contribution is -2.14. The molecule has 11 heteroatoms. The zero-order valence-corrected chi connectivity index (χ0v) is 15.1. The third kappa shape index (κ3) is 4.51. The van der Waals surface area contributed by atoms with Crippen LogP contribution < -0.4 is 5.32 Å². The number of carbonyl (C=O) groups excluding carboxylic acids is 1. The highest BCUT2D eigenvalue weighted by molar-refractivity contribution is 7.15. The third-order valence-electron chi connectivity index (χ3n) is 3.79. The summed E-state index contributed by atoms with van der Waals surface area (Å²) >= 11 is 1.17. The minimum absolute atomic E-state index is 0.195. The summed E-state index contributed by atoms with van der Waals surface area (Å²) in [5.41, 5.74) is -0.274. The van der Waals surface area contributed by atoms with E-state index in [2.05, 4.69) is 15.5 Å². The van der Waals surface area contributed by atoms with Crippen LogP contribution in [0.1, 0.15) is 20.9 Å². The number of amides is 1. The smallest absolute Gasteiger partial charge is 0.289 e. The van der Waals surface area contributed by atoms with Crippen molar-refractivity contribution in [3.63, 3.8) is 0 Å². The number of carbonyl (C=O) groups is 1. The van der Waals surface area contributed by atoms with Crippen LogP contribution in [0.2, 0.25) is 0 Å². The summed E-state index contributed by atoms with van der Waals surface area (Å²) in [7, 11) is 0. The third-order valence-corrected chi connectivity index (χ3v) is 4.69. The Morgan fingerprint density at radius 3 is 2.43 bits per heavy atom. The topological polar surface area (TPSA) is 141 Å². The van der Waals surface area contributed by atoms with Crippen LogP contribution in [0.3, 0.4) is 0 Å². The molecule has 3 rings (SSSR count). The summed E-state index contributed by atoms with van der Waals surface area (Å²) in [6.07, 6.45) is 1.40. The number of nitro benzene ring substituents is 2. The van der Waals surface area contributed by atoms with Gasteiger partial charge in [-0.1, -0.05) is 41.7 Å². The molecular weight excluding hydrogens is 386 g/mol. The summed E-state index contributed by atoms with van der Waals surface area (Å²) in [6, 6.07) is 12.6. The maximum Gasteiger partial charge on any atom is 0.289 e. The standard InChI is InChI=1S/C17H13N5O5S/c23-16(13-8-7-12(21(24)25)10-14(13)22(26)27)18-17-20-19-15(28-17)9-6-11-4-2-1-3-5-11/h1-5,7-8,10H,6,9H2,(H,18,20,23). The van der Waals surface area contributed by atoms with Crippen molar-refractivity contribution in [3.05, 3.63) is 84.9 Å². The van der Waals surface area contributed by atoms with Gasteiger partial charge in [0.1, 0.15) is 10.6 Å². The van der Waals surface area contributed by atoms with Crippen LogP contribution in [-0.2, 0) is 12.8 Å². The van der Waals surface area contributed by atoms with E-state index in [1.165, 1.54) is 11.3 Å². The van der Waals surface area contributed by atoms with Gasteiger partial charge < -0.3 is 0 Å². The molecule has 0 atom stereocenters. The maximum atomic E-state index is 12.4. The van der Waals surface area contributed by atoms with Crippen LogP contribution in [-0.4, -0.2) is 26.0 Å². The number of benzene rings is 2. The van der Waals surface area contributed by atoms with E-state index in [0.717, 1.165) is 30.2 Å². The van der Waals surface area contributed by atoms with Crippen LogP contribution in [0.5, 0.6) is 0 Å². The Labute approximate surface area is 162 Å². The van der Waals surface area contributed by atoms with Gasteiger partial charge in [-0.05, 0) is 18.1 Å². The molecule has 1 aromatic heterocycles. The Hall–Kier alpha value is -3.73. The summed E-state index contributed by atoms with van der Waals surface area (Å²) < 4.78 is 0. The summed E-state index contributed by atoms with van der Waals surface area (Å²) in [5.74, 6) is -0.785. The highest BCUT2D eigenvalue weighted by Crippen LogP contribution is 2.26. The lowest BCUT2D eigenvalue weighted by molar-refractivity contribution is -0.394. The molecule has 3 aromatic rings. The number of non-ortho nitro benzene ring substituents is 1. The molecule has 1 heterocycles. The van der Waals surface area contributed by atoms with E-state index in [1.54, 1.807) is 0 Å². The van der Waals surface area contributed by atoms with E-state index in [4.69, 9.17) is 0 Å². The highest BCUT2D eigenvalue weighted by atomic mass is 32.1. The molecule has 10 nitrogen and oxygen atoms in total. The quantitative estimate of drug-likeness (QED) is 0.474. The van der Waals surface area contributed by atoms with Crippen molar-refractivity contribution in [2.24, 2.45) is 0 Å². The number of nitrogens with zero attached hydrogens (tertiary/aromatic N) is 4. The molecule has 1 amide bonds. The Kier molecular flexibility index (Phi) is 5.65. The molecule has 0 spiro atoms. The highest BCUT2D eigenvalue weighted by Gasteiger charge is 2.24. The lowest BCUT2D eigenvalue weighted by Gasteiger charge is -2.02. The number of aryl methyl sites for hydroxylation is 2. The number of nitrogens with one attached hydrogen (secondary N) is 1. The first-order chi connectivity index (χ1) is 13.4. The number of anilines is 1. The normalized spacial score (nSPS) is 10.4. The molecule has 0 aliphatic carbocycles. The molecule has 0 aliphatic rings. The van der Waals surface area contributed by atoms with Crippen molar-refractivity contribution < 1.29 is 14.6 Å². The van der Waals surface area contributed by atoms with Gasteiger partial charge in [-0.2, -0.15) is 0 Å². The van der Waals surface area contributed by atoms with E-state index < -0.39 is 27.1 Å². The monoisotopic (exact) mass is 399 g/mol. The van der Waals surface area contributed by atoms with Crippen LogP contribution in [0.4, 0.5) is 16.5 Å². The van der Waals surface area contributed by atoms with Gasteiger partial charge in [0.05, 0.1) is 15.9 Å². The molecule has 2 aromatic carbocycles. The van der Waals surface area contributed by atoms with Gasteiger partial charge in [-0.25, -0.2) is 0 Å². The molecule has 1 N–H and O–H groups in total. The number of nitro groups is 2. The van der Waals surface area contributed by atoms with Crippen molar-refractivity contribution in [1.29, 1.82) is 0 Å². The van der Waals surface area contributed by atoms with Crippen molar-refractivity contribution >= 4 is 33.8 Å². The molecule has 142 valence electrons. The summed E-state index contributed by atoms with van der Waals surface area (Å²) in [6.45, 7) is 0. The van der Waals surface area contributed by atoms with Crippen molar-refractivity contribution in [2.45, 2.75) is 12.8 Å². The fraction of sp³-hybridized carbons (Fsp3) is 0.118. The zero-order chi connectivity index (χ0) is 20.1. The number of hydrogen-bond acceptors (Lipinski definition) is 8. The van der Waals surface area contributed by atoms with Gasteiger partial charge >= 0.3 is 0 Å². The van der Waals surface area contributed by atoms with E-state index >= 15 is 0 Å². The molecule has 0 saturated heterocycles. The molecule has 0 aliphatic heterocycles. The van der Waals surface area contributed by atoms with Gasteiger partial charge in [-0.3, -0.25) is 30.3 Å². The Balaban J connectivity index is 1.70. The van der Waals surface area contributed by atoms with Crippen LogP contribution in [0.25, 0.3) is 0 Å². The second-order valence-electron chi connectivity index (χ2n) is 5.66. The Morgan fingerprint density at radius 1 is 1.00 bits per heavy atom. The number of rotatable bonds is 7. The Bertz CT molecular complexity index is 1040. The molecule has 0 unspecified atom stereocenters. The van der Waals surface area contributed by atoms with E-state index in [9.17, 15) is 25.0 Å². The molecule has 28 heavy (non-hydrogen) atoms. The van der Waals surface area contributed by atoms with Gasteiger partial charge in [0, 0.05) is 12.5 Å². The van der Waals surface area contributed by atoms with Crippen molar-refractivity contribution in [3.8, 4) is 0 Å². The minimum atomic E-state index is -0.840. The first kappa shape index (κ1) is 19.0. The first-order valence-corrected chi connectivity index (χ1v) is 8.86. The van der Waals surface area contributed by atoms with E-state index in [0.29, 0.717) is 11.4 Å². The van der Waals surface area contributed by atoms with Crippen LogP contribution in [0.15, 0.2) is 48.5 Å². The molecular formula is C17H13N5O5S. The molecule has 0 radical (unpaired) electrons. The van der Waals surface area contributed by atoms with Crippen LogP contribution >= 0.6 is 11.3 Å². The van der Waals surface area contributed by atoms with Gasteiger partial charge in [-0.15, -0.1) is 10.2 Å². The second kappa shape index (κ2) is 8.31. The number of hydrogen-bond donors (Lipinski definition) is 1. The molecule has 0 saturated carbocycles. The fourth-order valence-corrected chi connectivity index (χ4v) is 3.18. The second-order valence-corrected chi connectivity index (χ2v) is 6.72. The fourth-order valence-electron chi connectivity index (χ4n) is 2.44. The van der Waals surface area contributed by atoms with Gasteiger partial charge in [0.15, 0.2) is 0 Å². The lowest BCUT2D eigenvalue weighted by atomic mass is 10.1.